The van der Waals surface area contributed by atoms with Gasteiger partial charge in [0.15, 0.2) is 0 Å². The molecule has 0 aromatic rings. The van der Waals surface area contributed by atoms with Crippen molar-refractivity contribution in [2.24, 2.45) is 5.73 Å². The van der Waals surface area contributed by atoms with Gasteiger partial charge in [0.25, 0.3) is 0 Å². The molecule has 3 unspecified atom stereocenters. The highest BCUT2D eigenvalue weighted by Gasteiger charge is 2.27. The van der Waals surface area contributed by atoms with Crippen molar-refractivity contribution < 1.29 is 42.7 Å². The van der Waals surface area contributed by atoms with Gasteiger partial charge in [-0.05, 0) is 12.8 Å². The van der Waals surface area contributed by atoms with E-state index in [1.807, 2.05) is 0 Å². The summed E-state index contributed by atoms with van der Waals surface area (Å²) in [5.41, 5.74) is 5.31. The van der Waals surface area contributed by atoms with E-state index < -0.39 is 45.1 Å². The summed E-state index contributed by atoms with van der Waals surface area (Å²) in [5, 5.41) is 8.82. The van der Waals surface area contributed by atoms with Gasteiger partial charge < -0.3 is 25.2 Å². The number of carbonyl (C=O) groups excluding carboxylic acids is 1. The molecule has 0 amide bonds. The highest BCUT2D eigenvalue weighted by molar-refractivity contribution is 7.47. The van der Waals surface area contributed by atoms with Gasteiger partial charge in [-0.2, -0.15) is 0 Å². The molecule has 0 bridgehead atoms. The van der Waals surface area contributed by atoms with Gasteiger partial charge in [0.1, 0.15) is 12.1 Å². The first kappa shape index (κ1) is 43.0. The van der Waals surface area contributed by atoms with E-state index in [0.717, 1.165) is 38.5 Å². The fourth-order valence-corrected chi connectivity index (χ4v) is 5.62. The van der Waals surface area contributed by atoms with E-state index in [1.165, 1.54) is 96.3 Å². The van der Waals surface area contributed by atoms with Crippen molar-refractivity contribution in [2.75, 3.05) is 26.4 Å². The largest absolute Gasteiger partial charge is 0.480 e. The van der Waals surface area contributed by atoms with Gasteiger partial charge in [-0.25, -0.2) is 4.57 Å². The van der Waals surface area contributed by atoms with Crippen LogP contribution in [0.15, 0.2) is 0 Å². The summed E-state index contributed by atoms with van der Waals surface area (Å²) in [5.74, 6) is -1.78. The Kier molecular flexibility index (Phi) is 29.9. The zero-order valence-electron chi connectivity index (χ0n) is 28.0. The van der Waals surface area contributed by atoms with E-state index >= 15 is 0 Å². The van der Waals surface area contributed by atoms with Crippen LogP contribution in [0.2, 0.25) is 0 Å². The number of rotatable bonds is 34. The van der Waals surface area contributed by atoms with E-state index in [0.29, 0.717) is 13.0 Å². The van der Waals surface area contributed by atoms with Crippen LogP contribution in [0.1, 0.15) is 162 Å². The molecular weight excluding hydrogens is 585 g/mol. The lowest BCUT2D eigenvalue weighted by atomic mass is 10.0. The first-order valence-corrected chi connectivity index (χ1v) is 19.1. The van der Waals surface area contributed by atoms with Crippen molar-refractivity contribution in [3.63, 3.8) is 0 Å². The van der Waals surface area contributed by atoms with Crippen LogP contribution in [0.4, 0.5) is 0 Å². The fraction of sp³-hybridized carbons (Fsp3) is 0.939. The number of carboxylic acid groups (broad SMARTS) is 1. The lowest BCUT2D eigenvalue weighted by Crippen LogP contribution is -2.34. The molecule has 0 aliphatic rings. The van der Waals surface area contributed by atoms with E-state index in [2.05, 4.69) is 18.4 Å². The lowest BCUT2D eigenvalue weighted by Gasteiger charge is -2.20. The quantitative estimate of drug-likeness (QED) is 0.0350. The second-order valence-electron chi connectivity index (χ2n) is 12.0. The predicted molar refractivity (Wildman–Crippen MR) is 176 cm³/mol. The first-order chi connectivity index (χ1) is 21.2. The molecule has 0 aromatic carbocycles. The van der Waals surface area contributed by atoms with E-state index in [1.54, 1.807) is 0 Å². The minimum atomic E-state index is -4.59. The summed E-state index contributed by atoms with van der Waals surface area (Å²) < 4.78 is 33.0. The van der Waals surface area contributed by atoms with Crippen LogP contribution in [0.25, 0.3) is 0 Å². The molecule has 0 heterocycles. The number of hydrogen-bond acceptors (Lipinski definition) is 8. The maximum Gasteiger partial charge on any atom is 0.472 e. The average molecular weight is 652 g/mol. The molecule has 0 rings (SSSR count). The molecular formula is C33H66NO9P. The number of ether oxygens (including phenoxy) is 2. The standard InChI is InChI=1S/C33H66NO9P/c1-3-5-7-9-11-12-13-14-15-16-17-18-20-22-24-26-40-27-30(28-41-44(38,39)42-29-31(34)33(36)37)43-32(35)25-23-21-19-10-8-6-4-2/h30-31H,3-29,34H2,1-2H3,(H,36,37)(H,38,39). The van der Waals surface area contributed by atoms with Gasteiger partial charge >= 0.3 is 19.8 Å². The number of unbranched alkanes of at least 4 members (excludes halogenated alkanes) is 20. The molecule has 0 aliphatic heterocycles. The SMILES string of the molecule is CCCCCCCCCCCCCCCCCOCC(COP(=O)(O)OCC(N)C(=O)O)OC(=O)CCCCCCCCC. The Hall–Kier alpha value is -1.03. The second-order valence-corrected chi connectivity index (χ2v) is 13.5. The van der Waals surface area contributed by atoms with E-state index in [9.17, 15) is 19.0 Å². The van der Waals surface area contributed by atoms with E-state index in [4.69, 9.17) is 24.8 Å². The summed E-state index contributed by atoms with van der Waals surface area (Å²) in [6.45, 7) is 3.83. The van der Waals surface area contributed by atoms with Crippen molar-refractivity contribution in [3.8, 4) is 0 Å². The van der Waals surface area contributed by atoms with Gasteiger partial charge in [0, 0.05) is 13.0 Å². The molecule has 4 N–H and O–H groups in total. The van der Waals surface area contributed by atoms with Crippen LogP contribution in [0, 0.1) is 0 Å². The number of nitrogens with two attached hydrogens (primary N) is 1. The summed E-state index contributed by atoms with van der Waals surface area (Å²) >= 11 is 0. The van der Waals surface area contributed by atoms with Crippen molar-refractivity contribution >= 4 is 19.8 Å². The van der Waals surface area contributed by atoms with Crippen LogP contribution < -0.4 is 5.73 Å². The molecule has 0 aliphatic carbocycles. The number of hydrogen-bond donors (Lipinski definition) is 3. The Balaban J connectivity index is 4.21. The molecule has 0 spiro atoms. The molecule has 0 radical (unpaired) electrons. The first-order valence-electron chi connectivity index (χ1n) is 17.6. The fourth-order valence-electron chi connectivity index (χ4n) is 4.84. The topological polar surface area (TPSA) is 155 Å². The molecule has 3 atom stereocenters. The zero-order valence-corrected chi connectivity index (χ0v) is 28.9. The van der Waals surface area contributed by atoms with Crippen LogP contribution >= 0.6 is 7.82 Å². The summed E-state index contributed by atoms with van der Waals surface area (Å²) in [6, 6.07) is -1.46. The number of carbonyl (C=O) groups is 2. The molecule has 11 heteroatoms. The monoisotopic (exact) mass is 651 g/mol. The van der Waals surface area contributed by atoms with E-state index in [-0.39, 0.29) is 13.0 Å². The predicted octanol–water partition coefficient (Wildman–Crippen LogP) is 8.47. The Morgan fingerprint density at radius 3 is 1.50 bits per heavy atom. The lowest BCUT2D eigenvalue weighted by molar-refractivity contribution is -0.154. The summed E-state index contributed by atoms with van der Waals surface area (Å²) in [4.78, 5) is 33.1. The van der Waals surface area contributed by atoms with Gasteiger partial charge in [-0.1, -0.05) is 142 Å². The van der Waals surface area contributed by atoms with Gasteiger partial charge in [-0.3, -0.25) is 18.6 Å². The Morgan fingerprint density at radius 2 is 1.05 bits per heavy atom. The highest BCUT2D eigenvalue weighted by Crippen LogP contribution is 2.43. The number of phosphoric ester groups is 1. The van der Waals surface area contributed by atoms with Gasteiger partial charge in [-0.15, -0.1) is 0 Å². The molecule has 10 nitrogen and oxygen atoms in total. The molecule has 0 saturated heterocycles. The minimum absolute atomic E-state index is 0.0238. The molecule has 44 heavy (non-hydrogen) atoms. The molecule has 262 valence electrons. The third kappa shape index (κ3) is 29.7. The maximum absolute atomic E-state index is 12.4. The summed E-state index contributed by atoms with van der Waals surface area (Å²) in [6.07, 6.45) is 26.0. The second kappa shape index (κ2) is 30.6. The third-order valence-corrected chi connectivity index (χ3v) is 8.59. The van der Waals surface area contributed by atoms with Gasteiger partial charge in [0.2, 0.25) is 0 Å². The zero-order chi connectivity index (χ0) is 32.7. The molecule has 0 fully saturated rings. The van der Waals surface area contributed by atoms with Crippen molar-refractivity contribution in [2.45, 2.75) is 174 Å². The Labute approximate surface area is 268 Å². The summed E-state index contributed by atoms with van der Waals surface area (Å²) in [7, 11) is -4.59. The maximum atomic E-state index is 12.4. The number of carboxylic acids is 1. The normalized spacial score (nSPS) is 14.3. The van der Waals surface area contributed by atoms with Gasteiger partial charge in [0.05, 0.1) is 19.8 Å². The number of phosphoric acid groups is 1. The smallest absolute Gasteiger partial charge is 0.472 e. The van der Waals surface area contributed by atoms with Crippen LogP contribution in [-0.2, 0) is 32.7 Å². The Morgan fingerprint density at radius 1 is 0.636 bits per heavy atom. The average Bonchev–Trinajstić information content (AvgIpc) is 2.99. The number of esters is 1. The van der Waals surface area contributed by atoms with Crippen molar-refractivity contribution in [1.82, 2.24) is 0 Å². The van der Waals surface area contributed by atoms with Crippen LogP contribution in [0.5, 0.6) is 0 Å². The Bertz CT molecular complexity index is 725. The third-order valence-electron chi connectivity index (χ3n) is 7.64. The van der Waals surface area contributed by atoms with Crippen molar-refractivity contribution in [3.05, 3.63) is 0 Å². The van der Waals surface area contributed by atoms with Crippen LogP contribution in [-0.4, -0.2) is 60.5 Å². The number of aliphatic carboxylic acids is 1. The molecule has 0 aromatic heterocycles. The van der Waals surface area contributed by atoms with Crippen LogP contribution in [0.3, 0.4) is 0 Å². The minimum Gasteiger partial charge on any atom is -0.480 e. The molecule has 0 saturated carbocycles. The van der Waals surface area contributed by atoms with Crippen molar-refractivity contribution in [1.29, 1.82) is 0 Å². The highest BCUT2D eigenvalue weighted by atomic mass is 31.2.